The molecule has 4 rings (SSSR count). The third-order valence-corrected chi connectivity index (χ3v) is 5.50. The van der Waals surface area contributed by atoms with E-state index in [-0.39, 0.29) is 19.0 Å². The van der Waals surface area contributed by atoms with Crippen molar-refractivity contribution >= 4 is 5.97 Å². The van der Waals surface area contributed by atoms with Crippen LogP contribution in [0.15, 0.2) is 104 Å². The van der Waals surface area contributed by atoms with Crippen molar-refractivity contribution in [2.75, 3.05) is 0 Å². The molecule has 0 saturated carbocycles. The van der Waals surface area contributed by atoms with E-state index in [1.807, 2.05) is 66.7 Å². The summed E-state index contributed by atoms with van der Waals surface area (Å²) in [4.78, 5) is 11.4. The summed E-state index contributed by atoms with van der Waals surface area (Å²) in [6, 6.07) is 28.0. The topological polar surface area (TPSA) is 46.5 Å². The van der Waals surface area contributed by atoms with E-state index in [9.17, 15) is 14.3 Å². The van der Waals surface area contributed by atoms with Crippen LogP contribution in [0, 0.1) is 5.82 Å². The van der Waals surface area contributed by atoms with Crippen molar-refractivity contribution in [1.29, 1.82) is 0 Å². The van der Waals surface area contributed by atoms with E-state index < -0.39 is 5.97 Å². The Balaban J connectivity index is 1.57. The van der Waals surface area contributed by atoms with Gasteiger partial charge in [0.2, 0.25) is 0 Å². The third-order valence-electron chi connectivity index (χ3n) is 5.50. The highest BCUT2D eigenvalue weighted by Crippen LogP contribution is 2.31. The third kappa shape index (κ3) is 5.08. The predicted octanol–water partition coefficient (Wildman–Crippen LogP) is 6.55. The summed E-state index contributed by atoms with van der Waals surface area (Å²) in [6.07, 6.45) is 1.14. The fourth-order valence-electron chi connectivity index (χ4n) is 3.70. The lowest BCUT2D eigenvalue weighted by atomic mass is 9.96. The number of benzene rings is 4. The zero-order valence-electron chi connectivity index (χ0n) is 18.0. The van der Waals surface area contributed by atoms with Gasteiger partial charge in [0.15, 0.2) is 0 Å². The highest BCUT2D eigenvalue weighted by atomic mass is 19.1. The van der Waals surface area contributed by atoms with Gasteiger partial charge in [-0.25, -0.2) is 9.18 Å². The quantitative estimate of drug-likeness (QED) is 0.263. The average molecular weight is 438 g/mol. The average Bonchev–Trinajstić information content (AvgIpc) is 2.87. The summed E-state index contributed by atoms with van der Waals surface area (Å²) < 4.78 is 20.1. The second-order valence-electron chi connectivity index (χ2n) is 7.60. The van der Waals surface area contributed by atoms with Crippen LogP contribution in [0.5, 0.6) is 0 Å². The van der Waals surface area contributed by atoms with E-state index in [1.165, 1.54) is 6.07 Å². The van der Waals surface area contributed by atoms with E-state index in [1.54, 1.807) is 18.2 Å². The van der Waals surface area contributed by atoms with Crippen molar-refractivity contribution in [3.05, 3.63) is 121 Å². The molecular weight excluding hydrogens is 415 g/mol. The van der Waals surface area contributed by atoms with Gasteiger partial charge in [-0.3, -0.25) is 0 Å². The van der Waals surface area contributed by atoms with Crippen LogP contribution in [0.3, 0.4) is 0 Å². The van der Waals surface area contributed by atoms with Crippen molar-refractivity contribution in [3.63, 3.8) is 0 Å². The molecule has 0 aromatic heterocycles. The van der Waals surface area contributed by atoms with Gasteiger partial charge in [-0.2, -0.15) is 0 Å². The van der Waals surface area contributed by atoms with Crippen LogP contribution < -0.4 is 0 Å². The Morgan fingerprint density at radius 1 is 0.818 bits per heavy atom. The first-order chi connectivity index (χ1) is 16.1. The summed E-state index contributed by atoms with van der Waals surface area (Å²) in [5.41, 5.74) is 6.58. The van der Waals surface area contributed by atoms with Crippen LogP contribution in [0.4, 0.5) is 4.39 Å². The minimum absolute atomic E-state index is 0.0395. The fourth-order valence-corrected chi connectivity index (χ4v) is 3.70. The molecule has 0 bridgehead atoms. The van der Waals surface area contributed by atoms with E-state index in [0.29, 0.717) is 5.56 Å². The Kier molecular flexibility index (Phi) is 6.77. The van der Waals surface area contributed by atoms with Gasteiger partial charge in [0.05, 0.1) is 6.61 Å². The second kappa shape index (κ2) is 10.1. The molecule has 1 N–H and O–H groups in total. The molecule has 0 saturated heterocycles. The van der Waals surface area contributed by atoms with Gasteiger partial charge in [-0.1, -0.05) is 91.5 Å². The molecule has 0 amide bonds. The zero-order valence-corrected chi connectivity index (χ0v) is 18.0. The molecular formula is C29H23FO3. The molecule has 0 spiro atoms. The molecule has 4 aromatic carbocycles. The van der Waals surface area contributed by atoms with Crippen LogP contribution >= 0.6 is 0 Å². The van der Waals surface area contributed by atoms with E-state index in [2.05, 4.69) is 6.58 Å². The number of rotatable bonds is 7. The van der Waals surface area contributed by atoms with Gasteiger partial charge in [-0.05, 0) is 45.0 Å². The van der Waals surface area contributed by atoms with E-state index in [4.69, 9.17) is 4.74 Å². The van der Waals surface area contributed by atoms with Crippen molar-refractivity contribution in [2.24, 2.45) is 0 Å². The Hall–Kier alpha value is -4.02. The maximum atomic E-state index is 14.9. The number of aliphatic hydroxyl groups is 1. The Bertz CT molecular complexity index is 1280. The van der Waals surface area contributed by atoms with Crippen LogP contribution in [0.1, 0.15) is 11.1 Å². The van der Waals surface area contributed by atoms with Crippen LogP contribution in [-0.2, 0) is 22.7 Å². The Labute approximate surface area is 192 Å². The van der Waals surface area contributed by atoms with Crippen LogP contribution in [-0.4, -0.2) is 11.1 Å². The minimum Gasteiger partial charge on any atom is -0.458 e. The first kappa shape index (κ1) is 22.2. The molecule has 0 aliphatic carbocycles. The molecule has 0 unspecified atom stereocenters. The largest absolute Gasteiger partial charge is 0.458 e. The smallest absolute Gasteiger partial charge is 0.330 e. The normalized spacial score (nSPS) is 10.6. The van der Waals surface area contributed by atoms with Gasteiger partial charge in [0.25, 0.3) is 0 Å². The Morgan fingerprint density at radius 3 is 2.09 bits per heavy atom. The molecule has 164 valence electrons. The molecule has 0 heterocycles. The minimum atomic E-state index is -0.463. The molecule has 4 aromatic rings. The summed E-state index contributed by atoms with van der Waals surface area (Å²) in [7, 11) is 0. The van der Waals surface area contributed by atoms with Gasteiger partial charge < -0.3 is 9.84 Å². The summed E-state index contributed by atoms with van der Waals surface area (Å²) in [5, 5.41) is 9.19. The van der Waals surface area contributed by atoms with Gasteiger partial charge in [0, 0.05) is 11.6 Å². The highest BCUT2D eigenvalue weighted by Gasteiger charge is 2.10. The Morgan fingerprint density at radius 2 is 1.42 bits per heavy atom. The number of ether oxygens (including phenoxy) is 1. The maximum Gasteiger partial charge on any atom is 0.330 e. The number of esters is 1. The number of halogens is 1. The summed E-state index contributed by atoms with van der Waals surface area (Å²) >= 11 is 0. The predicted molar refractivity (Wildman–Crippen MR) is 129 cm³/mol. The van der Waals surface area contributed by atoms with Crippen molar-refractivity contribution < 1.29 is 19.0 Å². The van der Waals surface area contributed by atoms with Crippen molar-refractivity contribution in [3.8, 4) is 33.4 Å². The van der Waals surface area contributed by atoms with E-state index >= 15 is 0 Å². The molecule has 0 aliphatic heterocycles. The van der Waals surface area contributed by atoms with Crippen LogP contribution in [0.2, 0.25) is 0 Å². The lowest BCUT2D eigenvalue weighted by Gasteiger charge is -2.11. The zero-order chi connectivity index (χ0) is 23.2. The number of carbonyl (C=O) groups is 1. The molecule has 0 aliphatic rings. The highest BCUT2D eigenvalue weighted by molar-refractivity contribution is 5.81. The van der Waals surface area contributed by atoms with Gasteiger partial charge in [-0.15, -0.1) is 0 Å². The summed E-state index contributed by atoms with van der Waals surface area (Å²) in [5.74, 6) is -0.766. The SMILES string of the molecule is C=CC(=O)OCc1ccccc1-c1ccc(-c2ccc(-c3ccc(CO)cc3)c(F)c2)cc1. The van der Waals surface area contributed by atoms with Gasteiger partial charge >= 0.3 is 5.97 Å². The van der Waals surface area contributed by atoms with Crippen molar-refractivity contribution in [2.45, 2.75) is 13.2 Å². The lowest BCUT2D eigenvalue weighted by Crippen LogP contribution is -2.01. The van der Waals surface area contributed by atoms with Crippen LogP contribution in [0.25, 0.3) is 33.4 Å². The monoisotopic (exact) mass is 438 g/mol. The summed E-state index contributed by atoms with van der Waals surface area (Å²) in [6.45, 7) is 3.54. The molecule has 4 heteroatoms. The number of hydrogen-bond acceptors (Lipinski definition) is 3. The number of carbonyl (C=O) groups excluding carboxylic acids is 1. The fraction of sp³-hybridized carbons (Fsp3) is 0.0690. The molecule has 0 radical (unpaired) electrons. The first-order valence-electron chi connectivity index (χ1n) is 10.6. The van der Waals surface area contributed by atoms with Gasteiger partial charge in [0.1, 0.15) is 12.4 Å². The second-order valence-corrected chi connectivity index (χ2v) is 7.60. The first-order valence-corrected chi connectivity index (χ1v) is 10.6. The number of aliphatic hydroxyl groups excluding tert-OH is 1. The molecule has 0 atom stereocenters. The number of hydrogen-bond donors (Lipinski definition) is 1. The lowest BCUT2D eigenvalue weighted by molar-refractivity contribution is -0.138. The standard InChI is InChI=1S/C29H23FO3/c1-2-29(32)33-19-25-5-3-4-6-26(25)22-13-11-21(12-14-22)24-15-16-27(28(30)17-24)23-9-7-20(18-31)8-10-23/h2-17,31H,1,18-19H2. The van der Waals surface area contributed by atoms with E-state index in [0.717, 1.165) is 45.0 Å². The molecule has 3 nitrogen and oxygen atoms in total. The molecule has 33 heavy (non-hydrogen) atoms. The molecule has 0 fully saturated rings. The maximum absolute atomic E-state index is 14.9. The van der Waals surface area contributed by atoms with Crippen molar-refractivity contribution in [1.82, 2.24) is 0 Å².